The van der Waals surface area contributed by atoms with Crippen LogP contribution in [0.2, 0.25) is 0 Å². The van der Waals surface area contributed by atoms with E-state index in [0.29, 0.717) is 51.5 Å². The zero-order chi connectivity index (χ0) is 15.1. The van der Waals surface area contributed by atoms with E-state index in [-0.39, 0.29) is 11.5 Å². The van der Waals surface area contributed by atoms with Gasteiger partial charge in [0.2, 0.25) is 5.91 Å². The molecule has 2 rings (SSSR count). The molecule has 1 aliphatic heterocycles. The van der Waals surface area contributed by atoms with Crippen molar-refractivity contribution >= 4 is 11.9 Å². The maximum absolute atomic E-state index is 11.9. The quantitative estimate of drug-likeness (QED) is 0.802. The van der Waals surface area contributed by atoms with Crippen molar-refractivity contribution in [1.29, 1.82) is 0 Å². The van der Waals surface area contributed by atoms with Crippen LogP contribution in [0.3, 0.4) is 0 Å². The molecule has 0 atom stereocenters. The van der Waals surface area contributed by atoms with Crippen LogP contribution >= 0.6 is 0 Å². The highest BCUT2D eigenvalue weighted by molar-refractivity contribution is 5.88. The van der Waals surface area contributed by atoms with Gasteiger partial charge in [0, 0.05) is 19.5 Å². The lowest BCUT2D eigenvalue weighted by Crippen LogP contribution is -2.40. The van der Waals surface area contributed by atoms with Gasteiger partial charge in [-0.2, -0.15) is 0 Å². The first kappa shape index (κ1) is 15.3. The number of morpholine rings is 1. The van der Waals surface area contributed by atoms with E-state index < -0.39 is 5.97 Å². The number of carbonyl (C=O) groups excluding carboxylic acids is 1. The van der Waals surface area contributed by atoms with Gasteiger partial charge in [0.1, 0.15) is 5.75 Å². The van der Waals surface area contributed by atoms with Gasteiger partial charge in [-0.05, 0) is 24.6 Å². The fraction of sp³-hybridized carbons (Fsp3) is 0.467. The van der Waals surface area contributed by atoms with Crippen molar-refractivity contribution in [3.63, 3.8) is 0 Å². The summed E-state index contributed by atoms with van der Waals surface area (Å²) in [4.78, 5) is 24.5. The van der Waals surface area contributed by atoms with Crippen LogP contribution in [0.5, 0.6) is 5.75 Å². The number of ether oxygens (including phenoxy) is 2. The Morgan fingerprint density at radius 3 is 2.76 bits per heavy atom. The van der Waals surface area contributed by atoms with Crippen molar-refractivity contribution in [3.05, 3.63) is 29.8 Å². The molecule has 114 valence electrons. The fourth-order valence-electron chi connectivity index (χ4n) is 2.10. The van der Waals surface area contributed by atoms with E-state index >= 15 is 0 Å². The second-order valence-electron chi connectivity index (χ2n) is 4.78. The van der Waals surface area contributed by atoms with E-state index in [4.69, 9.17) is 14.6 Å². The van der Waals surface area contributed by atoms with Crippen LogP contribution in [0.1, 0.15) is 23.2 Å². The standard InChI is InChI=1S/C15H19NO5/c17-14(16-6-9-20-10-7-16)5-2-8-21-13-4-1-3-12(11-13)15(18)19/h1,3-4,11H,2,5-10H2,(H,18,19). The number of rotatable bonds is 6. The number of hydrogen-bond donors (Lipinski definition) is 1. The van der Waals surface area contributed by atoms with Gasteiger partial charge in [-0.1, -0.05) is 6.07 Å². The summed E-state index contributed by atoms with van der Waals surface area (Å²) in [5, 5.41) is 8.88. The second kappa shape index (κ2) is 7.64. The lowest BCUT2D eigenvalue weighted by Gasteiger charge is -2.26. The molecule has 1 aromatic carbocycles. The Bertz CT molecular complexity index is 497. The highest BCUT2D eigenvalue weighted by atomic mass is 16.5. The number of benzene rings is 1. The lowest BCUT2D eigenvalue weighted by molar-refractivity contribution is -0.135. The second-order valence-corrected chi connectivity index (χ2v) is 4.78. The predicted molar refractivity (Wildman–Crippen MR) is 75.5 cm³/mol. The topological polar surface area (TPSA) is 76.1 Å². The highest BCUT2D eigenvalue weighted by Crippen LogP contribution is 2.14. The normalized spacial score (nSPS) is 14.8. The number of nitrogens with zero attached hydrogens (tertiary/aromatic N) is 1. The van der Waals surface area contributed by atoms with Crippen LogP contribution in [-0.2, 0) is 9.53 Å². The molecule has 0 aliphatic carbocycles. The molecule has 6 heteroatoms. The zero-order valence-electron chi connectivity index (χ0n) is 11.8. The summed E-state index contributed by atoms with van der Waals surface area (Å²) in [5.74, 6) is -0.363. The van der Waals surface area contributed by atoms with Gasteiger partial charge >= 0.3 is 5.97 Å². The molecule has 1 heterocycles. The monoisotopic (exact) mass is 293 g/mol. The third-order valence-electron chi connectivity index (χ3n) is 3.25. The van der Waals surface area contributed by atoms with Gasteiger partial charge in [-0.15, -0.1) is 0 Å². The van der Waals surface area contributed by atoms with Crippen molar-refractivity contribution in [1.82, 2.24) is 4.90 Å². The molecule has 21 heavy (non-hydrogen) atoms. The van der Waals surface area contributed by atoms with Gasteiger partial charge in [0.15, 0.2) is 0 Å². The van der Waals surface area contributed by atoms with Crippen LogP contribution in [0.4, 0.5) is 0 Å². The molecule has 0 saturated carbocycles. The van der Waals surface area contributed by atoms with Gasteiger partial charge in [0.25, 0.3) is 0 Å². The molecule has 6 nitrogen and oxygen atoms in total. The molecular formula is C15H19NO5. The Balaban J connectivity index is 1.70. The van der Waals surface area contributed by atoms with Crippen LogP contribution in [-0.4, -0.2) is 54.8 Å². The first-order valence-electron chi connectivity index (χ1n) is 6.98. The number of hydrogen-bond acceptors (Lipinski definition) is 4. The highest BCUT2D eigenvalue weighted by Gasteiger charge is 2.16. The third kappa shape index (κ3) is 4.75. The van der Waals surface area contributed by atoms with Gasteiger partial charge in [-0.3, -0.25) is 4.79 Å². The Morgan fingerprint density at radius 2 is 2.05 bits per heavy atom. The molecular weight excluding hydrogens is 274 g/mol. The summed E-state index contributed by atoms with van der Waals surface area (Å²) in [6, 6.07) is 6.33. The lowest BCUT2D eigenvalue weighted by atomic mass is 10.2. The molecule has 0 unspecified atom stereocenters. The maximum Gasteiger partial charge on any atom is 0.335 e. The van der Waals surface area contributed by atoms with Crippen LogP contribution < -0.4 is 4.74 Å². The molecule has 0 spiro atoms. The molecule has 1 aromatic rings. The third-order valence-corrected chi connectivity index (χ3v) is 3.25. The van der Waals surface area contributed by atoms with E-state index in [1.165, 1.54) is 12.1 Å². The summed E-state index contributed by atoms with van der Waals surface area (Å²) in [6.45, 7) is 2.90. The van der Waals surface area contributed by atoms with Crippen molar-refractivity contribution < 1.29 is 24.2 Å². The van der Waals surface area contributed by atoms with E-state index in [2.05, 4.69) is 0 Å². The first-order chi connectivity index (χ1) is 10.2. The average molecular weight is 293 g/mol. The van der Waals surface area contributed by atoms with Gasteiger partial charge in [-0.25, -0.2) is 4.79 Å². The van der Waals surface area contributed by atoms with Crippen molar-refractivity contribution in [3.8, 4) is 5.75 Å². The molecule has 0 aromatic heterocycles. The summed E-state index contributed by atoms with van der Waals surface area (Å²) in [5.41, 5.74) is 0.192. The van der Waals surface area contributed by atoms with E-state index in [9.17, 15) is 9.59 Å². The minimum absolute atomic E-state index is 0.112. The SMILES string of the molecule is O=C(O)c1cccc(OCCCC(=O)N2CCOCC2)c1. The Morgan fingerprint density at radius 1 is 1.29 bits per heavy atom. The summed E-state index contributed by atoms with van der Waals surface area (Å²) >= 11 is 0. The van der Waals surface area contributed by atoms with E-state index in [1.54, 1.807) is 17.0 Å². The van der Waals surface area contributed by atoms with Crippen LogP contribution in [0.15, 0.2) is 24.3 Å². The predicted octanol–water partition coefficient (Wildman–Crippen LogP) is 1.40. The Hall–Kier alpha value is -2.08. The van der Waals surface area contributed by atoms with Crippen molar-refractivity contribution in [2.24, 2.45) is 0 Å². The number of carboxylic acid groups (broad SMARTS) is 1. The van der Waals surface area contributed by atoms with Crippen molar-refractivity contribution in [2.75, 3.05) is 32.9 Å². The largest absolute Gasteiger partial charge is 0.494 e. The maximum atomic E-state index is 11.9. The molecule has 0 bridgehead atoms. The average Bonchev–Trinajstić information content (AvgIpc) is 2.52. The molecule has 1 N–H and O–H groups in total. The molecule has 1 aliphatic rings. The number of carboxylic acids is 1. The van der Waals surface area contributed by atoms with Crippen LogP contribution in [0, 0.1) is 0 Å². The first-order valence-corrected chi connectivity index (χ1v) is 6.98. The fourth-order valence-corrected chi connectivity index (χ4v) is 2.10. The molecule has 0 radical (unpaired) electrons. The number of aromatic carboxylic acids is 1. The number of amides is 1. The molecule has 1 saturated heterocycles. The Labute approximate surface area is 123 Å². The molecule has 1 amide bonds. The molecule has 1 fully saturated rings. The van der Waals surface area contributed by atoms with Crippen molar-refractivity contribution in [2.45, 2.75) is 12.8 Å². The van der Waals surface area contributed by atoms with Gasteiger partial charge in [0.05, 0.1) is 25.4 Å². The minimum atomic E-state index is -0.983. The van der Waals surface area contributed by atoms with Crippen LogP contribution in [0.25, 0.3) is 0 Å². The smallest absolute Gasteiger partial charge is 0.335 e. The zero-order valence-corrected chi connectivity index (χ0v) is 11.8. The Kier molecular flexibility index (Phi) is 5.57. The van der Waals surface area contributed by atoms with Gasteiger partial charge < -0.3 is 19.5 Å². The number of carbonyl (C=O) groups is 2. The van der Waals surface area contributed by atoms with E-state index in [1.807, 2.05) is 0 Å². The summed E-state index contributed by atoms with van der Waals surface area (Å²) in [7, 11) is 0. The van der Waals surface area contributed by atoms with E-state index in [0.717, 1.165) is 0 Å². The summed E-state index contributed by atoms with van der Waals surface area (Å²) < 4.78 is 10.7. The minimum Gasteiger partial charge on any atom is -0.494 e. The summed E-state index contributed by atoms with van der Waals surface area (Å²) in [6.07, 6.45) is 1.03.